The number of esters is 1. The summed E-state index contributed by atoms with van der Waals surface area (Å²) in [4.78, 5) is 28.3. The Labute approximate surface area is 105 Å². The Morgan fingerprint density at radius 2 is 2.17 bits per heavy atom. The van der Waals surface area contributed by atoms with Crippen LogP contribution >= 0.6 is 0 Å². The average Bonchev–Trinajstić information content (AvgIpc) is 2.36. The molecular formula is C10H15N5O3. The average molecular weight is 253 g/mol. The van der Waals surface area contributed by atoms with Crippen molar-refractivity contribution in [2.45, 2.75) is 32.4 Å². The van der Waals surface area contributed by atoms with Gasteiger partial charge in [-0.15, -0.1) is 0 Å². The predicted molar refractivity (Wildman–Crippen MR) is 63.3 cm³/mol. The van der Waals surface area contributed by atoms with E-state index < -0.39 is 24.0 Å². The van der Waals surface area contributed by atoms with Gasteiger partial charge in [-0.1, -0.05) is 5.11 Å². The van der Waals surface area contributed by atoms with E-state index in [1.54, 1.807) is 0 Å². The first-order valence-electron chi connectivity index (χ1n) is 5.37. The molecule has 0 aliphatic carbocycles. The fraction of sp³-hybridized carbons (Fsp3) is 0.700. The van der Waals surface area contributed by atoms with Crippen molar-refractivity contribution in [3.8, 4) is 0 Å². The first-order valence-corrected chi connectivity index (χ1v) is 5.37. The lowest BCUT2D eigenvalue weighted by Crippen LogP contribution is -2.43. The maximum atomic E-state index is 11.4. The van der Waals surface area contributed by atoms with Crippen LogP contribution in [0.5, 0.6) is 0 Å². The van der Waals surface area contributed by atoms with Crippen molar-refractivity contribution in [2.75, 3.05) is 13.2 Å². The lowest BCUT2D eigenvalue weighted by Gasteiger charge is -2.12. The summed E-state index contributed by atoms with van der Waals surface area (Å²) < 4.78 is 4.85. The summed E-state index contributed by atoms with van der Waals surface area (Å²) in [5, 5.41) is 5.66. The zero-order valence-electron chi connectivity index (χ0n) is 10.3. The normalized spacial score (nSPS) is 12.5. The second-order valence-corrected chi connectivity index (χ2v) is 3.51. The molecule has 0 radical (unpaired) electrons. The fourth-order valence-corrected chi connectivity index (χ4v) is 0.929. The molecule has 2 atom stereocenters. The van der Waals surface area contributed by atoms with Crippen LogP contribution in [-0.4, -0.2) is 37.1 Å². The number of carbonyl (C=O) groups is 2. The van der Waals surface area contributed by atoms with Crippen molar-refractivity contribution >= 4 is 11.9 Å². The zero-order chi connectivity index (χ0) is 14.0. The molecule has 0 spiro atoms. The number of ether oxygens (including phenoxy) is 1. The second-order valence-electron chi connectivity index (χ2n) is 3.51. The molecule has 1 amide bonds. The molecule has 0 fully saturated rings. The lowest BCUT2D eigenvalue weighted by atomic mass is 10.3. The highest BCUT2D eigenvalue weighted by Gasteiger charge is 2.23. The van der Waals surface area contributed by atoms with Gasteiger partial charge in [-0.3, -0.25) is 4.79 Å². The second kappa shape index (κ2) is 8.84. The summed E-state index contributed by atoms with van der Waals surface area (Å²) in [7, 11) is 0. The molecule has 18 heavy (non-hydrogen) atoms. The molecule has 0 heterocycles. The first kappa shape index (κ1) is 15.7. The SMILES string of the molecule is [C-]#[N+][C@@H](C)C(=O)N[C@@H](C)C(=O)OCCCN=[N+]=[N-]. The van der Waals surface area contributed by atoms with E-state index >= 15 is 0 Å². The van der Waals surface area contributed by atoms with Gasteiger partial charge < -0.3 is 14.9 Å². The number of hydrogen-bond acceptors (Lipinski definition) is 4. The number of hydrogen-bond donors (Lipinski definition) is 1. The molecule has 0 saturated carbocycles. The van der Waals surface area contributed by atoms with Crippen molar-refractivity contribution in [3.63, 3.8) is 0 Å². The Bertz CT molecular complexity index is 383. The van der Waals surface area contributed by atoms with E-state index in [0.717, 1.165) is 0 Å². The van der Waals surface area contributed by atoms with Gasteiger partial charge in [0.05, 0.1) is 6.61 Å². The van der Waals surface area contributed by atoms with Crippen molar-refractivity contribution in [3.05, 3.63) is 21.9 Å². The summed E-state index contributed by atoms with van der Waals surface area (Å²) in [5.74, 6) is -1.09. The van der Waals surface area contributed by atoms with Crippen molar-refractivity contribution < 1.29 is 14.3 Å². The van der Waals surface area contributed by atoms with Gasteiger partial charge >= 0.3 is 11.9 Å². The van der Waals surface area contributed by atoms with Crippen molar-refractivity contribution in [1.82, 2.24) is 5.32 Å². The summed E-state index contributed by atoms with van der Waals surface area (Å²) >= 11 is 0. The number of amides is 1. The van der Waals surface area contributed by atoms with Gasteiger partial charge in [0, 0.05) is 18.4 Å². The summed E-state index contributed by atoms with van der Waals surface area (Å²) in [6, 6.07) is -1.63. The summed E-state index contributed by atoms with van der Waals surface area (Å²) in [6.45, 7) is 9.97. The summed E-state index contributed by atoms with van der Waals surface area (Å²) in [6.07, 6.45) is 0.426. The van der Waals surface area contributed by atoms with Gasteiger partial charge in [0.25, 0.3) is 6.04 Å². The number of nitrogens with zero attached hydrogens (tertiary/aromatic N) is 4. The number of rotatable bonds is 7. The highest BCUT2D eigenvalue weighted by atomic mass is 16.5. The minimum Gasteiger partial charge on any atom is -0.464 e. The molecule has 98 valence electrons. The molecule has 8 heteroatoms. The number of carbonyl (C=O) groups excluding carboxylic acids is 2. The Morgan fingerprint density at radius 3 is 2.72 bits per heavy atom. The minimum absolute atomic E-state index is 0.121. The van der Waals surface area contributed by atoms with E-state index in [1.165, 1.54) is 13.8 Å². The lowest BCUT2D eigenvalue weighted by molar-refractivity contribution is -0.147. The smallest absolute Gasteiger partial charge is 0.328 e. The van der Waals surface area contributed by atoms with Gasteiger partial charge in [0.2, 0.25) is 0 Å². The van der Waals surface area contributed by atoms with Crippen LogP contribution in [0.1, 0.15) is 20.3 Å². The molecule has 0 saturated heterocycles. The van der Waals surface area contributed by atoms with Crippen LogP contribution in [0.25, 0.3) is 15.3 Å². The Morgan fingerprint density at radius 1 is 1.50 bits per heavy atom. The Kier molecular flexibility index (Phi) is 7.73. The van der Waals surface area contributed by atoms with E-state index in [-0.39, 0.29) is 13.2 Å². The van der Waals surface area contributed by atoms with Crippen molar-refractivity contribution in [2.24, 2.45) is 5.11 Å². The van der Waals surface area contributed by atoms with Gasteiger partial charge in [-0.25, -0.2) is 11.4 Å². The molecule has 8 nitrogen and oxygen atoms in total. The third-order valence-corrected chi connectivity index (χ3v) is 2.00. The maximum Gasteiger partial charge on any atom is 0.328 e. The van der Waals surface area contributed by atoms with Gasteiger partial charge in [-0.2, -0.15) is 0 Å². The molecule has 0 unspecified atom stereocenters. The Balaban J connectivity index is 3.93. The van der Waals surface area contributed by atoms with Crippen LogP contribution in [-0.2, 0) is 14.3 Å². The zero-order valence-corrected chi connectivity index (χ0v) is 10.3. The van der Waals surface area contributed by atoms with E-state index in [9.17, 15) is 9.59 Å². The van der Waals surface area contributed by atoms with Crippen LogP contribution in [0.15, 0.2) is 5.11 Å². The minimum atomic E-state index is -0.829. The third-order valence-electron chi connectivity index (χ3n) is 2.00. The number of azide groups is 1. The molecular weight excluding hydrogens is 238 g/mol. The van der Waals surface area contributed by atoms with E-state index in [1.807, 2.05) is 0 Å². The maximum absolute atomic E-state index is 11.4. The van der Waals surface area contributed by atoms with Crippen LogP contribution in [0.3, 0.4) is 0 Å². The van der Waals surface area contributed by atoms with Crippen LogP contribution in [0, 0.1) is 6.57 Å². The van der Waals surface area contributed by atoms with Gasteiger partial charge in [-0.05, 0) is 18.9 Å². The molecule has 0 aliphatic heterocycles. The highest BCUT2D eigenvalue weighted by molar-refractivity contribution is 5.88. The third kappa shape index (κ3) is 6.35. The molecule has 0 aromatic rings. The van der Waals surface area contributed by atoms with Crippen LogP contribution < -0.4 is 5.32 Å². The first-order chi connectivity index (χ1) is 8.52. The topological polar surface area (TPSA) is 109 Å². The van der Waals surface area contributed by atoms with Crippen LogP contribution in [0.4, 0.5) is 0 Å². The van der Waals surface area contributed by atoms with E-state index in [4.69, 9.17) is 16.8 Å². The highest BCUT2D eigenvalue weighted by Crippen LogP contribution is 1.94. The summed E-state index contributed by atoms with van der Waals surface area (Å²) in [5.41, 5.74) is 8.02. The van der Waals surface area contributed by atoms with Gasteiger partial charge in [0.15, 0.2) is 0 Å². The van der Waals surface area contributed by atoms with E-state index in [2.05, 4.69) is 20.2 Å². The quantitative estimate of drug-likeness (QED) is 0.183. The van der Waals surface area contributed by atoms with Crippen molar-refractivity contribution in [1.29, 1.82) is 0 Å². The fourth-order valence-electron chi connectivity index (χ4n) is 0.929. The number of nitrogens with one attached hydrogen (secondary N) is 1. The molecule has 0 aromatic carbocycles. The van der Waals surface area contributed by atoms with Gasteiger partial charge in [0.1, 0.15) is 6.04 Å². The monoisotopic (exact) mass is 253 g/mol. The van der Waals surface area contributed by atoms with E-state index in [0.29, 0.717) is 6.42 Å². The predicted octanol–water partition coefficient (Wildman–Crippen LogP) is 1.04. The molecule has 0 aliphatic rings. The molecule has 0 rings (SSSR count). The van der Waals surface area contributed by atoms with Crippen LogP contribution in [0.2, 0.25) is 0 Å². The molecule has 0 aromatic heterocycles. The largest absolute Gasteiger partial charge is 0.464 e. The molecule has 0 bridgehead atoms. The Hall–Kier alpha value is -2.26. The standard InChI is InChI=1S/C10H15N5O3/c1-7(12-3)9(16)14-8(2)10(17)18-6-4-5-13-15-11/h7-8H,4-6H2,1-2H3,(H,14,16)/t7-,8-/m0/s1. The molecule has 1 N–H and O–H groups in total.